The quantitative estimate of drug-likeness (QED) is 0.770. The first-order chi connectivity index (χ1) is 7.62. The van der Waals surface area contributed by atoms with Crippen molar-refractivity contribution in [3.05, 3.63) is 0 Å². The molecule has 16 heavy (non-hydrogen) atoms. The molecule has 1 saturated heterocycles. The van der Waals surface area contributed by atoms with Crippen LogP contribution in [0.4, 0.5) is 0 Å². The van der Waals surface area contributed by atoms with Crippen molar-refractivity contribution in [2.45, 2.75) is 45.1 Å². The molecule has 3 aliphatic rings. The molecule has 1 aliphatic heterocycles. The molecule has 2 aliphatic carbocycles. The van der Waals surface area contributed by atoms with E-state index in [0.717, 1.165) is 17.8 Å². The van der Waals surface area contributed by atoms with Gasteiger partial charge in [0.15, 0.2) is 0 Å². The molecule has 0 spiro atoms. The Labute approximate surface area is 99.8 Å². The van der Waals surface area contributed by atoms with Crippen LogP contribution in [0.5, 0.6) is 0 Å². The van der Waals surface area contributed by atoms with Crippen LogP contribution in [0, 0.1) is 17.8 Å². The van der Waals surface area contributed by atoms with Crippen molar-refractivity contribution in [1.82, 2.24) is 10.2 Å². The summed E-state index contributed by atoms with van der Waals surface area (Å²) >= 11 is 0. The van der Waals surface area contributed by atoms with Gasteiger partial charge in [0, 0.05) is 31.7 Å². The van der Waals surface area contributed by atoms with Crippen LogP contribution in [0.3, 0.4) is 0 Å². The summed E-state index contributed by atoms with van der Waals surface area (Å²) in [7, 11) is 0. The molecule has 0 aromatic rings. The minimum absolute atomic E-state index is 0.329. The molecule has 3 fully saturated rings. The summed E-state index contributed by atoms with van der Waals surface area (Å²) in [6.45, 7) is 9.72. The zero-order valence-corrected chi connectivity index (χ0v) is 10.8. The fraction of sp³-hybridized carbons (Fsp3) is 1.00. The van der Waals surface area contributed by atoms with Gasteiger partial charge in [0.1, 0.15) is 0 Å². The fourth-order valence-electron chi connectivity index (χ4n) is 4.33. The lowest BCUT2D eigenvalue weighted by atomic mass is 9.88. The molecule has 1 N–H and O–H groups in total. The Bertz CT molecular complexity index is 261. The predicted molar refractivity (Wildman–Crippen MR) is 67.5 cm³/mol. The van der Waals surface area contributed by atoms with Crippen molar-refractivity contribution in [3.63, 3.8) is 0 Å². The maximum Gasteiger partial charge on any atom is 0.0252 e. The molecule has 92 valence electrons. The number of hydrogen-bond acceptors (Lipinski definition) is 2. The smallest absolute Gasteiger partial charge is 0.0252 e. The van der Waals surface area contributed by atoms with E-state index in [0.29, 0.717) is 5.54 Å². The average Bonchev–Trinajstić information content (AvgIpc) is 2.77. The standard InChI is InChI=1S/C14H26N2/c1-14(2)10-16(6-5-15-14)9-13-8-11-3-4-12(13)7-11/h11-13,15H,3-10H2,1-2H3. The Kier molecular flexibility index (Phi) is 2.75. The molecule has 2 heteroatoms. The summed E-state index contributed by atoms with van der Waals surface area (Å²) < 4.78 is 0. The van der Waals surface area contributed by atoms with Gasteiger partial charge >= 0.3 is 0 Å². The Hall–Kier alpha value is -0.0800. The van der Waals surface area contributed by atoms with Crippen LogP contribution in [0.2, 0.25) is 0 Å². The summed E-state index contributed by atoms with van der Waals surface area (Å²) in [5.41, 5.74) is 0.329. The van der Waals surface area contributed by atoms with Gasteiger partial charge in [0.2, 0.25) is 0 Å². The highest BCUT2D eigenvalue weighted by Crippen LogP contribution is 2.48. The highest BCUT2D eigenvalue weighted by Gasteiger charge is 2.40. The molecule has 2 nitrogen and oxygen atoms in total. The number of nitrogens with one attached hydrogen (secondary N) is 1. The van der Waals surface area contributed by atoms with E-state index in [2.05, 4.69) is 24.1 Å². The van der Waals surface area contributed by atoms with E-state index < -0.39 is 0 Å². The Morgan fingerprint density at radius 1 is 1.25 bits per heavy atom. The van der Waals surface area contributed by atoms with Crippen LogP contribution >= 0.6 is 0 Å². The maximum absolute atomic E-state index is 3.61. The molecule has 1 heterocycles. The zero-order valence-electron chi connectivity index (χ0n) is 10.8. The van der Waals surface area contributed by atoms with Gasteiger partial charge in [-0.25, -0.2) is 0 Å². The second kappa shape index (κ2) is 3.99. The van der Waals surface area contributed by atoms with Gasteiger partial charge in [-0.15, -0.1) is 0 Å². The monoisotopic (exact) mass is 222 g/mol. The first-order valence-corrected chi connectivity index (χ1v) is 7.10. The van der Waals surface area contributed by atoms with Crippen molar-refractivity contribution >= 4 is 0 Å². The lowest BCUT2D eigenvalue weighted by Crippen LogP contribution is -2.57. The van der Waals surface area contributed by atoms with Gasteiger partial charge < -0.3 is 5.32 Å². The van der Waals surface area contributed by atoms with Crippen molar-refractivity contribution < 1.29 is 0 Å². The van der Waals surface area contributed by atoms with Crippen LogP contribution in [0.1, 0.15) is 39.5 Å². The molecule has 0 amide bonds. The minimum atomic E-state index is 0.329. The molecule has 3 unspecified atom stereocenters. The van der Waals surface area contributed by atoms with Gasteiger partial charge in [0.25, 0.3) is 0 Å². The molecule has 2 saturated carbocycles. The van der Waals surface area contributed by atoms with Crippen LogP contribution < -0.4 is 5.32 Å². The molecule has 0 aromatic carbocycles. The second-order valence-corrected chi connectivity index (χ2v) is 6.98. The predicted octanol–water partition coefficient (Wildman–Crippen LogP) is 2.11. The topological polar surface area (TPSA) is 15.3 Å². The van der Waals surface area contributed by atoms with Crippen molar-refractivity contribution in [1.29, 1.82) is 0 Å². The lowest BCUT2D eigenvalue weighted by molar-refractivity contribution is 0.119. The van der Waals surface area contributed by atoms with E-state index in [1.165, 1.54) is 45.4 Å². The van der Waals surface area contributed by atoms with Gasteiger partial charge in [0.05, 0.1) is 0 Å². The Morgan fingerprint density at radius 2 is 2.12 bits per heavy atom. The first kappa shape index (κ1) is 11.0. The van der Waals surface area contributed by atoms with Gasteiger partial charge in [-0.2, -0.15) is 0 Å². The van der Waals surface area contributed by atoms with E-state index in [1.54, 1.807) is 6.42 Å². The third-order valence-electron chi connectivity index (χ3n) is 5.03. The van der Waals surface area contributed by atoms with Crippen LogP contribution in [-0.2, 0) is 0 Å². The Balaban J connectivity index is 1.55. The molecular weight excluding hydrogens is 196 g/mol. The molecule has 2 bridgehead atoms. The summed E-state index contributed by atoms with van der Waals surface area (Å²) in [5, 5.41) is 3.61. The van der Waals surface area contributed by atoms with E-state index in [9.17, 15) is 0 Å². The molecule has 3 atom stereocenters. The Morgan fingerprint density at radius 3 is 2.75 bits per heavy atom. The molecule has 0 radical (unpaired) electrons. The highest BCUT2D eigenvalue weighted by atomic mass is 15.2. The SMILES string of the molecule is CC1(C)CN(CC2CC3CCC2C3)CCN1. The molecule has 0 aromatic heterocycles. The fourth-order valence-corrected chi connectivity index (χ4v) is 4.33. The van der Waals surface area contributed by atoms with Crippen molar-refractivity contribution in [2.24, 2.45) is 17.8 Å². The van der Waals surface area contributed by atoms with E-state index in [-0.39, 0.29) is 0 Å². The number of hydrogen-bond donors (Lipinski definition) is 1. The first-order valence-electron chi connectivity index (χ1n) is 7.10. The van der Waals surface area contributed by atoms with E-state index in [1.807, 2.05) is 0 Å². The normalized spacial score (nSPS) is 42.8. The number of fused-ring (bicyclic) bond motifs is 2. The van der Waals surface area contributed by atoms with Gasteiger partial charge in [-0.05, 0) is 50.9 Å². The lowest BCUT2D eigenvalue weighted by Gasteiger charge is -2.41. The van der Waals surface area contributed by atoms with Crippen LogP contribution in [-0.4, -0.2) is 36.6 Å². The van der Waals surface area contributed by atoms with Gasteiger partial charge in [-0.1, -0.05) is 6.42 Å². The van der Waals surface area contributed by atoms with Crippen LogP contribution in [0.25, 0.3) is 0 Å². The summed E-state index contributed by atoms with van der Waals surface area (Å²) in [6, 6.07) is 0. The average molecular weight is 222 g/mol. The molecule has 3 rings (SSSR count). The second-order valence-electron chi connectivity index (χ2n) is 6.98. The third kappa shape index (κ3) is 2.14. The van der Waals surface area contributed by atoms with E-state index in [4.69, 9.17) is 0 Å². The summed E-state index contributed by atoms with van der Waals surface area (Å²) in [5.74, 6) is 3.22. The van der Waals surface area contributed by atoms with Crippen molar-refractivity contribution in [2.75, 3.05) is 26.2 Å². The summed E-state index contributed by atoms with van der Waals surface area (Å²) in [4.78, 5) is 2.71. The third-order valence-corrected chi connectivity index (χ3v) is 5.03. The number of piperazine rings is 1. The van der Waals surface area contributed by atoms with Gasteiger partial charge in [-0.3, -0.25) is 4.90 Å². The largest absolute Gasteiger partial charge is 0.309 e. The molecular formula is C14H26N2. The van der Waals surface area contributed by atoms with E-state index >= 15 is 0 Å². The maximum atomic E-state index is 3.61. The summed E-state index contributed by atoms with van der Waals surface area (Å²) in [6.07, 6.45) is 6.16. The minimum Gasteiger partial charge on any atom is -0.309 e. The van der Waals surface area contributed by atoms with Crippen LogP contribution in [0.15, 0.2) is 0 Å². The number of rotatable bonds is 2. The number of nitrogens with zero attached hydrogens (tertiary/aromatic N) is 1. The zero-order chi connectivity index (χ0) is 11.2. The highest BCUT2D eigenvalue weighted by molar-refractivity contribution is 4.93. The van der Waals surface area contributed by atoms with Crippen molar-refractivity contribution in [3.8, 4) is 0 Å².